The summed E-state index contributed by atoms with van der Waals surface area (Å²) in [5, 5.41) is 28.5. The van der Waals surface area contributed by atoms with Crippen LogP contribution in [-0.4, -0.2) is 32.8 Å². The Morgan fingerprint density at radius 2 is 1.71 bits per heavy atom. The zero-order valence-electron chi connectivity index (χ0n) is 20.1. The largest absolute Gasteiger partial charge is 0.505 e. The van der Waals surface area contributed by atoms with E-state index in [4.69, 9.17) is 22.4 Å². The maximum atomic E-state index is 13.2. The van der Waals surface area contributed by atoms with E-state index in [2.05, 4.69) is 21.0 Å². The molecule has 4 N–H and O–H groups in total. The maximum absolute atomic E-state index is 13.2. The van der Waals surface area contributed by atoms with E-state index >= 15 is 0 Å². The highest BCUT2D eigenvalue weighted by Gasteiger charge is 2.36. The van der Waals surface area contributed by atoms with E-state index in [1.807, 2.05) is 54.6 Å². The summed E-state index contributed by atoms with van der Waals surface area (Å²) in [4.78, 5) is 24.3. The van der Waals surface area contributed by atoms with Crippen LogP contribution >= 0.6 is 27.5 Å². The van der Waals surface area contributed by atoms with Crippen molar-refractivity contribution >= 4 is 61.6 Å². The van der Waals surface area contributed by atoms with Gasteiger partial charge >= 0.3 is 5.97 Å². The van der Waals surface area contributed by atoms with Crippen molar-refractivity contribution in [1.82, 2.24) is 5.01 Å². The first kappa shape index (κ1) is 25.8. The second kappa shape index (κ2) is 10.5. The molecule has 7 nitrogen and oxygen atoms in total. The molecule has 5 rings (SSSR count). The Hall–Kier alpha value is -3.88. The SMILES string of the molecule is Nc1c(O)c(C2=NN(C(=O)CCC(=O)O)C(c3ccc(Br)cc3)C2)c(-c2ccccc2)c2cc(Cl)ccc12. The van der Waals surface area contributed by atoms with E-state index < -0.39 is 17.9 Å². The molecule has 192 valence electrons. The zero-order valence-corrected chi connectivity index (χ0v) is 22.4. The van der Waals surface area contributed by atoms with E-state index in [1.165, 1.54) is 5.01 Å². The number of carbonyl (C=O) groups excluding carboxylic acids is 1. The number of nitrogens with zero attached hydrogens (tertiary/aromatic N) is 2. The number of rotatable bonds is 6. The number of benzene rings is 4. The highest BCUT2D eigenvalue weighted by atomic mass is 79.9. The lowest BCUT2D eigenvalue weighted by molar-refractivity contribution is -0.141. The minimum atomic E-state index is -1.06. The number of fused-ring (bicyclic) bond motifs is 1. The molecule has 0 saturated heterocycles. The van der Waals surface area contributed by atoms with E-state index in [1.54, 1.807) is 18.2 Å². The topological polar surface area (TPSA) is 116 Å². The first-order valence-corrected chi connectivity index (χ1v) is 13.1. The average Bonchev–Trinajstić information content (AvgIpc) is 3.35. The summed E-state index contributed by atoms with van der Waals surface area (Å²) >= 11 is 9.82. The summed E-state index contributed by atoms with van der Waals surface area (Å²) in [5.74, 6) is -1.62. The molecule has 1 heterocycles. The summed E-state index contributed by atoms with van der Waals surface area (Å²) in [6, 6.07) is 21.8. The Bertz CT molecular complexity index is 1590. The molecule has 4 aromatic carbocycles. The zero-order chi connectivity index (χ0) is 27.0. The fraction of sp³-hybridized carbons (Fsp3) is 0.138. The number of aromatic hydroxyl groups is 1. The van der Waals surface area contributed by atoms with Crippen LogP contribution in [0.2, 0.25) is 5.02 Å². The van der Waals surface area contributed by atoms with Gasteiger partial charge < -0.3 is 15.9 Å². The van der Waals surface area contributed by atoms with Crippen LogP contribution in [-0.2, 0) is 9.59 Å². The Morgan fingerprint density at radius 3 is 2.39 bits per heavy atom. The molecule has 0 aliphatic carbocycles. The molecule has 38 heavy (non-hydrogen) atoms. The van der Waals surface area contributed by atoms with Gasteiger partial charge in [-0.15, -0.1) is 0 Å². The second-order valence-corrected chi connectivity index (χ2v) is 10.4. The minimum absolute atomic E-state index is 0.133. The summed E-state index contributed by atoms with van der Waals surface area (Å²) in [6.07, 6.45) is -0.222. The van der Waals surface area contributed by atoms with Crippen molar-refractivity contribution < 1.29 is 19.8 Å². The Morgan fingerprint density at radius 1 is 1.00 bits per heavy atom. The number of amides is 1. The van der Waals surface area contributed by atoms with Crippen LogP contribution in [0.15, 0.2) is 82.4 Å². The van der Waals surface area contributed by atoms with E-state index in [-0.39, 0.29) is 24.3 Å². The van der Waals surface area contributed by atoms with Crippen molar-refractivity contribution in [3.8, 4) is 16.9 Å². The van der Waals surface area contributed by atoms with Crippen molar-refractivity contribution in [3.05, 3.63) is 93.4 Å². The molecule has 1 amide bonds. The van der Waals surface area contributed by atoms with Gasteiger partial charge in [0, 0.05) is 33.3 Å². The maximum Gasteiger partial charge on any atom is 0.303 e. The summed E-state index contributed by atoms with van der Waals surface area (Å²) in [6.45, 7) is 0. The smallest absolute Gasteiger partial charge is 0.303 e. The number of anilines is 1. The van der Waals surface area contributed by atoms with E-state index in [0.717, 1.165) is 21.0 Å². The van der Waals surface area contributed by atoms with Gasteiger partial charge in [-0.1, -0.05) is 76.1 Å². The number of phenols is 1. The monoisotopic (exact) mass is 591 g/mol. The molecule has 9 heteroatoms. The number of hydrogen-bond donors (Lipinski definition) is 3. The first-order valence-electron chi connectivity index (χ1n) is 11.9. The average molecular weight is 593 g/mol. The number of carboxylic acid groups (broad SMARTS) is 1. The predicted molar refractivity (Wildman–Crippen MR) is 152 cm³/mol. The molecule has 4 aromatic rings. The molecule has 1 atom stereocenters. The van der Waals surface area contributed by atoms with Gasteiger partial charge in [-0.3, -0.25) is 9.59 Å². The highest BCUT2D eigenvalue weighted by Crippen LogP contribution is 2.46. The lowest BCUT2D eigenvalue weighted by atomic mass is 9.87. The number of carbonyl (C=O) groups is 2. The molecule has 0 radical (unpaired) electrons. The highest BCUT2D eigenvalue weighted by molar-refractivity contribution is 9.10. The van der Waals surface area contributed by atoms with Crippen LogP contribution in [0.5, 0.6) is 5.75 Å². The molecule has 0 fully saturated rings. The van der Waals surface area contributed by atoms with Crippen molar-refractivity contribution in [1.29, 1.82) is 0 Å². The molecular weight excluding hydrogens is 570 g/mol. The molecule has 1 aliphatic heterocycles. The Labute approximate surface area is 232 Å². The fourth-order valence-corrected chi connectivity index (χ4v) is 5.26. The van der Waals surface area contributed by atoms with Crippen LogP contribution in [0.25, 0.3) is 21.9 Å². The number of hydrazone groups is 1. The van der Waals surface area contributed by atoms with Crippen LogP contribution in [0.4, 0.5) is 5.69 Å². The van der Waals surface area contributed by atoms with Gasteiger partial charge in [0.05, 0.1) is 29.4 Å². The fourth-order valence-electron chi connectivity index (χ4n) is 4.82. The van der Waals surface area contributed by atoms with Gasteiger partial charge in [-0.05, 0) is 40.8 Å². The second-order valence-electron chi connectivity index (χ2n) is 9.02. The third-order valence-corrected chi connectivity index (χ3v) is 7.37. The van der Waals surface area contributed by atoms with Gasteiger partial charge in [-0.25, -0.2) is 5.01 Å². The normalized spacial score (nSPS) is 15.1. The number of nitrogen functional groups attached to an aromatic ring is 1. The van der Waals surface area contributed by atoms with Gasteiger partial charge in [0.2, 0.25) is 5.91 Å². The predicted octanol–water partition coefficient (Wildman–Crippen LogP) is 6.75. The Kier molecular flexibility index (Phi) is 7.10. The van der Waals surface area contributed by atoms with Gasteiger partial charge in [0.1, 0.15) is 5.75 Å². The van der Waals surface area contributed by atoms with Crippen molar-refractivity contribution in [3.63, 3.8) is 0 Å². The quantitative estimate of drug-likeness (QED) is 0.169. The summed E-state index contributed by atoms with van der Waals surface area (Å²) < 4.78 is 0.882. The van der Waals surface area contributed by atoms with Crippen LogP contribution in [0.1, 0.15) is 36.4 Å². The van der Waals surface area contributed by atoms with Gasteiger partial charge in [-0.2, -0.15) is 5.10 Å². The number of carboxylic acids is 1. The van der Waals surface area contributed by atoms with Gasteiger partial charge in [0.25, 0.3) is 0 Å². The number of aliphatic carboxylic acids is 1. The van der Waals surface area contributed by atoms with E-state index in [9.17, 15) is 14.7 Å². The number of phenolic OH excluding ortho intramolecular Hbond substituents is 1. The van der Waals surface area contributed by atoms with Crippen molar-refractivity contribution in [2.75, 3.05) is 5.73 Å². The molecule has 1 unspecified atom stereocenters. The number of halogens is 2. The molecular formula is C29H23BrClN3O4. The summed E-state index contributed by atoms with van der Waals surface area (Å²) in [5.41, 5.74) is 9.83. The summed E-state index contributed by atoms with van der Waals surface area (Å²) in [7, 11) is 0. The third kappa shape index (κ3) is 4.85. The van der Waals surface area contributed by atoms with E-state index in [0.29, 0.717) is 33.7 Å². The lowest BCUT2D eigenvalue weighted by Gasteiger charge is -2.22. The minimum Gasteiger partial charge on any atom is -0.505 e. The molecule has 0 aromatic heterocycles. The lowest BCUT2D eigenvalue weighted by Crippen LogP contribution is -2.27. The molecule has 1 aliphatic rings. The van der Waals surface area contributed by atoms with Gasteiger partial charge in [0.15, 0.2) is 0 Å². The Balaban J connectivity index is 1.72. The molecule has 0 spiro atoms. The van der Waals surface area contributed by atoms with Crippen molar-refractivity contribution in [2.24, 2.45) is 5.10 Å². The third-order valence-electron chi connectivity index (χ3n) is 6.61. The number of hydrogen-bond acceptors (Lipinski definition) is 5. The molecule has 0 saturated carbocycles. The van der Waals surface area contributed by atoms with Crippen LogP contribution < -0.4 is 5.73 Å². The molecule has 0 bridgehead atoms. The standard InChI is InChI=1S/C29H23BrClN3O4/c30-18-8-6-16(7-9-18)23-15-22(33-34(23)24(35)12-13-25(36)37)27-26(17-4-2-1-3-5-17)21-14-19(31)10-11-20(21)28(32)29(27)38/h1-11,14,23,38H,12-13,15,32H2,(H,36,37). The van der Waals surface area contributed by atoms with Crippen LogP contribution in [0.3, 0.4) is 0 Å². The van der Waals surface area contributed by atoms with Crippen LogP contribution in [0, 0.1) is 0 Å². The number of nitrogens with two attached hydrogens (primary N) is 1. The first-order chi connectivity index (χ1) is 18.2. The van der Waals surface area contributed by atoms with Crippen molar-refractivity contribution in [2.45, 2.75) is 25.3 Å².